The molecule has 0 radical (unpaired) electrons. The van der Waals surface area contributed by atoms with Gasteiger partial charge in [0.05, 0.1) is 16.7 Å². The Hall–Kier alpha value is -2.92. The molecule has 1 aliphatic heterocycles. The highest BCUT2D eigenvalue weighted by Crippen LogP contribution is 2.57. The van der Waals surface area contributed by atoms with Crippen LogP contribution in [0.2, 0.25) is 0 Å². The van der Waals surface area contributed by atoms with Crippen molar-refractivity contribution in [1.29, 1.82) is 0 Å². The zero-order valence-electron chi connectivity index (χ0n) is 23.6. The van der Waals surface area contributed by atoms with Crippen LogP contribution < -0.4 is 0 Å². The minimum absolute atomic E-state index is 0.0523. The second-order valence-electron chi connectivity index (χ2n) is 11.1. The topological polar surface area (TPSA) is 152 Å². The average Bonchev–Trinajstić information content (AvgIpc) is 3.06. The number of rotatable bonds is 4. The number of carbonyl (C=O) groups is 5. The number of ether oxygens (including phenoxy) is 5. The first kappa shape index (κ1) is 31.6. The molecule has 0 amide bonds. The summed E-state index contributed by atoms with van der Waals surface area (Å²) in [6.07, 6.45) is -6.07. The van der Waals surface area contributed by atoms with Gasteiger partial charge >= 0.3 is 29.8 Å². The molecule has 1 N–H and O–H groups in total. The van der Waals surface area contributed by atoms with Gasteiger partial charge in [-0.25, -0.2) is 0 Å². The van der Waals surface area contributed by atoms with Crippen LogP contribution in [-0.4, -0.2) is 76.5 Å². The number of halogens is 1. The Labute approximate surface area is 238 Å². The molecule has 11 nitrogen and oxygen atoms in total. The van der Waals surface area contributed by atoms with Crippen LogP contribution in [0.25, 0.3) is 0 Å². The smallest absolute Gasteiger partial charge is 0.312 e. The van der Waals surface area contributed by atoms with Crippen LogP contribution in [0.15, 0.2) is 24.3 Å². The van der Waals surface area contributed by atoms with E-state index in [0.717, 1.165) is 6.92 Å². The summed E-state index contributed by atoms with van der Waals surface area (Å²) in [5, 5.41) is 11.3. The van der Waals surface area contributed by atoms with E-state index in [-0.39, 0.29) is 19.3 Å². The molecule has 40 heavy (non-hydrogen) atoms. The van der Waals surface area contributed by atoms with E-state index in [1.165, 1.54) is 27.7 Å². The van der Waals surface area contributed by atoms with Gasteiger partial charge < -0.3 is 28.8 Å². The number of hydrogen-bond acceptors (Lipinski definition) is 11. The number of esters is 5. The Balaban J connectivity index is 2.41. The van der Waals surface area contributed by atoms with Crippen molar-refractivity contribution >= 4 is 41.4 Å². The van der Waals surface area contributed by atoms with Crippen molar-refractivity contribution in [2.75, 3.05) is 0 Å². The van der Waals surface area contributed by atoms with Gasteiger partial charge in [0.1, 0.15) is 24.4 Å². The number of aliphatic hydroxyl groups is 1. The van der Waals surface area contributed by atoms with E-state index in [9.17, 15) is 29.1 Å². The van der Waals surface area contributed by atoms with Gasteiger partial charge in [0.15, 0.2) is 11.7 Å². The van der Waals surface area contributed by atoms with E-state index < -0.39 is 88.6 Å². The van der Waals surface area contributed by atoms with Gasteiger partial charge in [-0.3, -0.25) is 24.0 Å². The zero-order chi connectivity index (χ0) is 30.3. The first-order chi connectivity index (χ1) is 18.5. The monoisotopic (exact) mass is 584 g/mol. The Morgan fingerprint density at radius 2 is 1.45 bits per heavy atom. The maximum absolute atomic E-state index is 12.9. The maximum atomic E-state index is 12.9. The summed E-state index contributed by atoms with van der Waals surface area (Å²) >= 11 is 6.74. The normalized spacial score (nSPS) is 39.6. The summed E-state index contributed by atoms with van der Waals surface area (Å²) < 4.78 is 28.6. The molecule has 0 bridgehead atoms. The van der Waals surface area contributed by atoms with Gasteiger partial charge in [-0.2, -0.15) is 0 Å². The fraction of sp³-hybridized carbons (Fsp3) is 0.679. The van der Waals surface area contributed by atoms with Crippen LogP contribution >= 0.6 is 11.6 Å². The molecular formula is C28H37ClO11. The number of alkyl halides is 1. The Morgan fingerprint density at radius 3 is 1.98 bits per heavy atom. The van der Waals surface area contributed by atoms with E-state index >= 15 is 0 Å². The van der Waals surface area contributed by atoms with Crippen molar-refractivity contribution in [3.05, 3.63) is 24.3 Å². The van der Waals surface area contributed by atoms with E-state index in [0.29, 0.717) is 11.1 Å². The summed E-state index contributed by atoms with van der Waals surface area (Å²) in [5.41, 5.74) is -3.02. The second kappa shape index (κ2) is 11.5. The van der Waals surface area contributed by atoms with Crippen molar-refractivity contribution in [3.63, 3.8) is 0 Å². The SMILES string of the molecule is C=C1CC[C@@H](OC(C)=O)[C@@]2(C)[C@@H](OC(C)=O)[C@@H](OC(C)=O)CC(=C)[C@H]2[C@@H](OC(C)=O)[C@]2(O)[C@@H](C)C(=O)O[C@H]2[C@H]1Cl. The quantitative estimate of drug-likeness (QED) is 0.224. The van der Waals surface area contributed by atoms with Gasteiger partial charge in [-0.1, -0.05) is 31.2 Å². The Morgan fingerprint density at radius 1 is 0.925 bits per heavy atom. The van der Waals surface area contributed by atoms with E-state index in [2.05, 4.69) is 13.2 Å². The molecule has 2 saturated carbocycles. The van der Waals surface area contributed by atoms with E-state index in [1.54, 1.807) is 6.92 Å². The molecule has 2 aliphatic carbocycles. The van der Waals surface area contributed by atoms with Crippen molar-refractivity contribution in [3.8, 4) is 0 Å². The number of fused-ring (bicyclic) bond motifs is 2. The second-order valence-corrected chi connectivity index (χ2v) is 11.5. The van der Waals surface area contributed by atoms with Crippen LogP contribution in [0.3, 0.4) is 0 Å². The summed E-state index contributed by atoms with van der Waals surface area (Å²) in [6, 6.07) is 0. The van der Waals surface area contributed by atoms with Crippen LogP contribution in [0.5, 0.6) is 0 Å². The lowest BCUT2D eigenvalue weighted by molar-refractivity contribution is -0.237. The fourth-order valence-corrected chi connectivity index (χ4v) is 6.93. The molecule has 222 valence electrons. The largest absolute Gasteiger partial charge is 0.462 e. The molecule has 0 aromatic carbocycles. The van der Waals surface area contributed by atoms with Crippen molar-refractivity contribution in [2.24, 2.45) is 17.3 Å². The van der Waals surface area contributed by atoms with E-state index in [1.807, 2.05) is 0 Å². The minimum Gasteiger partial charge on any atom is -0.462 e. The predicted molar refractivity (Wildman–Crippen MR) is 140 cm³/mol. The predicted octanol–water partition coefficient (Wildman–Crippen LogP) is 2.55. The summed E-state index contributed by atoms with van der Waals surface area (Å²) in [4.78, 5) is 62.4. The lowest BCUT2D eigenvalue weighted by Gasteiger charge is -2.57. The highest BCUT2D eigenvalue weighted by Gasteiger charge is 2.70. The van der Waals surface area contributed by atoms with Gasteiger partial charge in [0.2, 0.25) is 0 Å². The van der Waals surface area contributed by atoms with Gasteiger partial charge in [0, 0.05) is 40.0 Å². The first-order valence-corrected chi connectivity index (χ1v) is 13.5. The van der Waals surface area contributed by atoms with Crippen LogP contribution in [-0.2, 0) is 47.7 Å². The molecule has 10 atom stereocenters. The molecule has 3 aliphatic rings. The lowest BCUT2D eigenvalue weighted by Crippen LogP contribution is -2.69. The van der Waals surface area contributed by atoms with Crippen molar-refractivity contribution < 1.29 is 52.8 Å². The van der Waals surface area contributed by atoms with Crippen LogP contribution in [0.1, 0.15) is 60.8 Å². The standard InChI is InChI=1S/C28H37ClO11/c1-12-9-10-20(37-16(5)31)27(8)21(13(2)11-19(36-15(4)30)23(27)38-17(6)32)24(39-18(7)33)28(35)14(3)26(34)40-25(28)22(12)29/h14,19-25,35H,1-2,9-11H2,3-8H3/t14-,19-,20+,21-,22-,23-,24+,25-,27+,28+/m0/s1. The van der Waals surface area contributed by atoms with Crippen molar-refractivity contribution in [1.82, 2.24) is 0 Å². The fourth-order valence-electron chi connectivity index (χ4n) is 6.56. The molecule has 0 spiro atoms. The molecular weight excluding hydrogens is 548 g/mol. The van der Waals surface area contributed by atoms with Gasteiger partial charge in [-0.05, 0) is 19.8 Å². The first-order valence-electron chi connectivity index (χ1n) is 13.1. The van der Waals surface area contributed by atoms with Crippen LogP contribution in [0, 0.1) is 17.3 Å². The summed E-state index contributed by atoms with van der Waals surface area (Å²) in [7, 11) is 0. The Bertz CT molecular complexity index is 1120. The van der Waals surface area contributed by atoms with Gasteiger partial charge in [0.25, 0.3) is 0 Å². The third-order valence-electron chi connectivity index (χ3n) is 8.32. The molecule has 0 aromatic heterocycles. The molecule has 0 aromatic rings. The minimum atomic E-state index is -2.21. The molecule has 1 saturated heterocycles. The van der Waals surface area contributed by atoms with Crippen molar-refractivity contribution in [2.45, 2.75) is 102 Å². The average molecular weight is 585 g/mol. The third kappa shape index (κ3) is 5.50. The molecule has 3 fully saturated rings. The number of carbonyl (C=O) groups excluding carboxylic acids is 5. The molecule has 12 heteroatoms. The highest BCUT2D eigenvalue weighted by atomic mass is 35.5. The van der Waals surface area contributed by atoms with Crippen LogP contribution in [0.4, 0.5) is 0 Å². The molecule has 1 heterocycles. The summed E-state index contributed by atoms with van der Waals surface area (Å²) in [6.45, 7) is 16.0. The maximum Gasteiger partial charge on any atom is 0.312 e. The van der Waals surface area contributed by atoms with E-state index in [4.69, 9.17) is 35.3 Å². The summed E-state index contributed by atoms with van der Waals surface area (Å²) in [5.74, 6) is -5.92. The third-order valence-corrected chi connectivity index (χ3v) is 8.85. The molecule has 0 unspecified atom stereocenters. The Kier molecular flexibility index (Phi) is 9.10. The zero-order valence-corrected chi connectivity index (χ0v) is 24.3. The molecule has 3 rings (SSSR count). The van der Waals surface area contributed by atoms with Gasteiger partial charge in [-0.15, -0.1) is 11.6 Å². The highest BCUT2D eigenvalue weighted by molar-refractivity contribution is 6.23. The number of hydrogen-bond donors (Lipinski definition) is 1. The lowest BCUT2D eigenvalue weighted by atomic mass is 9.54.